The molecule has 0 saturated carbocycles. The lowest BCUT2D eigenvalue weighted by Crippen LogP contribution is -2.51. The lowest BCUT2D eigenvalue weighted by molar-refractivity contribution is -0.110. The van der Waals surface area contributed by atoms with Gasteiger partial charge < -0.3 is 4.74 Å². The van der Waals surface area contributed by atoms with E-state index in [9.17, 15) is 8.42 Å². The van der Waals surface area contributed by atoms with E-state index in [0.29, 0.717) is 31.9 Å². The Morgan fingerprint density at radius 2 is 1.51 bits per heavy atom. The SMILES string of the molecule is CN1OCC(S(=O)(=O)N2CCN(Cc3ccccc3)CC2)C1c1cccc(Oc2ccccc2)c1. The summed E-state index contributed by atoms with van der Waals surface area (Å²) in [6, 6.07) is 27.0. The van der Waals surface area contributed by atoms with Crippen molar-refractivity contribution in [3.05, 3.63) is 96.1 Å². The Bertz CT molecular complexity index is 1220. The number of sulfonamides is 1. The van der Waals surface area contributed by atoms with Crippen LogP contribution in [0.2, 0.25) is 0 Å². The Labute approximate surface area is 207 Å². The average Bonchev–Trinajstić information content (AvgIpc) is 3.28. The molecule has 2 aliphatic rings. The minimum atomic E-state index is -3.56. The third kappa shape index (κ3) is 5.42. The van der Waals surface area contributed by atoms with Gasteiger partial charge >= 0.3 is 0 Å². The third-order valence-electron chi connectivity index (χ3n) is 6.69. The van der Waals surface area contributed by atoms with E-state index >= 15 is 0 Å². The normalized spacial score (nSPS) is 22.3. The maximum absolute atomic E-state index is 13.7. The van der Waals surface area contributed by atoms with Crippen molar-refractivity contribution >= 4 is 10.0 Å². The first-order valence-electron chi connectivity index (χ1n) is 11.9. The minimum Gasteiger partial charge on any atom is -0.457 e. The van der Waals surface area contributed by atoms with Crippen molar-refractivity contribution in [3.63, 3.8) is 0 Å². The van der Waals surface area contributed by atoms with Gasteiger partial charge in [-0.3, -0.25) is 9.74 Å². The van der Waals surface area contributed by atoms with E-state index in [2.05, 4.69) is 17.0 Å². The van der Waals surface area contributed by atoms with Crippen molar-refractivity contribution < 1.29 is 18.0 Å². The first kappa shape index (κ1) is 24.0. The lowest BCUT2D eigenvalue weighted by Gasteiger charge is -2.36. The molecule has 2 aliphatic heterocycles. The number of rotatable bonds is 7. The summed E-state index contributed by atoms with van der Waals surface area (Å²) in [5, 5.41) is 0.982. The van der Waals surface area contributed by atoms with E-state index < -0.39 is 21.3 Å². The van der Waals surface area contributed by atoms with Gasteiger partial charge in [0.2, 0.25) is 10.0 Å². The number of hydrogen-bond acceptors (Lipinski definition) is 6. The number of hydrogen-bond donors (Lipinski definition) is 0. The fourth-order valence-electron chi connectivity index (χ4n) is 4.83. The van der Waals surface area contributed by atoms with E-state index in [-0.39, 0.29) is 6.61 Å². The van der Waals surface area contributed by atoms with E-state index in [1.807, 2.05) is 72.8 Å². The zero-order valence-electron chi connectivity index (χ0n) is 19.9. The van der Waals surface area contributed by atoms with Gasteiger partial charge in [0.25, 0.3) is 0 Å². The summed E-state index contributed by atoms with van der Waals surface area (Å²) in [6.45, 7) is 3.36. The summed E-state index contributed by atoms with van der Waals surface area (Å²) in [5.41, 5.74) is 2.10. The molecule has 2 saturated heterocycles. The summed E-state index contributed by atoms with van der Waals surface area (Å²) < 4.78 is 35.1. The Kier molecular flexibility index (Phi) is 7.17. The van der Waals surface area contributed by atoms with Crippen LogP contribution in [0.1, 0.15) is 17.2 Å². The van der Waals surface area contributed by atoms with Crippen LogP contribution in [-0.4, -0.2) is 67.8 Å². The summed E-state index contributed by atoms with van der Waals surface area (Å²) in [5.74, 6) is 1.40. The zero-order valence-corrected chi connectivity index (χ0v) is 20.7. The van der Waals surface area contributed by atoms with E-state index in [1.54, 1.807) is 16.4 Å². The lowest BCUT2D eigenvalue weighted by atomic mass is 10.0. The molecule has 0 aromatic heterocycles. The van der Waals surface area contributed by atoms with Gasteiger partial charge in [0, 0.05) is 39.8 Å². The summed E-state index contributed by atoms with van der Waals surface area (Å²) in [7, 11) is -1.77. The molecule has 5 rings (SSSR count). The molecule has 2 unspecified atom stereocenters. The van der Waals surface area contributed by atoms with Gasteiger partial charge in [0.1, 0.15) is 16.7 Å². The quantitative estimate of drug-likeness (QED) is 0.497. The van der Waals surface area contributed by atoms with Crippen molar-refractivity contribution in [2.24, 2.45) is 0 Å². The molecule has 3 aromatic carbocycles. The van der Waals surface area contributed by atoms with Gasteiger partial charge in [-0.1, -0.05) is 60.7 Å². The van der Waals surface area contributed by atoms with Crippen molar-refractivity contribution in [3.8, 4) is 11.5 Å². The largest absolute Gasteiger partial charge is 0.457 e. The molecule has 184 valence electrons. The van der Waals surface area contributed by atoms with Crippen LogP contribution in [0.25, 0.3) is 0 Å². The third-order valence-corrected chi connectivity index (χ3v) is 8.93. The molecule has 3 aromatic rings. The van der Waals surface area contributed by atoms with E-state index in [4.69, 9.17) is 9.57 Å². The van der Waals surface area contributed by atoms with Gasteiger partial charge in [-0.05, 0) is 35.4 Å². The standard InChI is InChI=1S/C27H31N3O4S/c1-28-27(23-11-8-14-25(19-23)34-24-12-6-3-7-13-24)26(21-33-28)35(31,32)30-17-15-29(16-18-30)20-22-9-4-2-5-10-22/h2-14,19,26-27H,15-18,20-21H2,1H3. The average molecular weight is 494 g/mol. The van der Waals surface area contributed by atoms with E-state index in [1.165, 1.54) is 5.56 Å². The van der Waals surface area contributed by atoms with Crippen LogP contribution in [0.3, 0.4) is 0 Å². The fraction of sp³-hybridized carbons (Fsp3) is 0.333. The predicted molar refractivity (Wildman–Crippen MR) is 135 cm³/mol. The molecule has 7 nitrogen and oxygen atoms in total. The molecule has 2 atom stereocenters. The molecular weight excluding hydrogens is 462 g/mol. The van der Waals surface area contributed by atoms with Gasteiger partial charge in [0.15, 0.2) is 0 Å². The molecular formula is C27H31N3O4S. The monoisotopic (exact) mass is 493 g/mol. The number of hydroxylamine groups is 2. The molecule has 0 aliphatic carbocycles. The van der Waals surface area contributed by atoms with Crippen molar-refractivity contribution in [1.82, 2.24) is 14.3 Å². The highest BCUT2D eigenvalue weighted by molar-refractivity contribution is 7.89. The summed E-state index contributed by atoms with van der Waals surface area (Å²) in [6.07, 6.45) is 0. The van der Waals surface area contributed by atoms with Crippen LogP contribution in [0.15, 0.2) is 84.9 Å². The maximum atomic E-state index is 13.7. The number of para-hydroxylation sites is 1. The molecule has 35 heavy (non-hydrogen) atoms. The first-order valence-corrected chi connectivity index (χ1v) is 13.4. The number of nitrogens with zero attached hydrogens (tertiary/aromatic N) is 3. The molecule has 8 heteroatoms. The predicted octanol–water partition coefficient (Wildman–Crippen LogP) is 3.91. The number of piperazine rings is 1. The second kappa shape index (κ2) is 10.5. The minimum absolute atomic E-state index is 0.136. The van der Waals surface area contributed by atoms with Crippen molar-refractivity contribution in [1.29, 1.82) is 0 Å². The van der Waals surface area contributed by atoms with Crippen molar-refractivity contribution in [2.75, 3.05) is 39.8 Å². The Morgan fingerprint density at radius 1 is 0.857 bits per heavy atom. The summed E-state index contributed by atoms with van der Waals surface area (Å²) >= 11 is 0. The molecule has 0 bridgehead atoms. The zero-order chi connectivity index (χ0) is 24.3. The topological polar surface area (TPSA) is 62.3 Å². The fourth-order valence-corrected chi connectivity index (χ4v) is 6.77. The van der Waals surface area contributed by atoms with Gasteiger partial charge in [0.05, 0.1) is 12.6 Å². The van der Waals surface area contributed by atoms with Crippen LogP contribution in [0, 0.1) is 0 Å². The van der Waals surface area contributed by atoms with E-state index in [0.717, 1.165) is 17.9 Å². The van der Waals surface area contributed by atoms with Gasteiger partial charge in [-0.15, -0.1) is 0 Å². The highest BCUT2D eigenvalue weighted by Gasteiger charge is 2.46. The van der Waals surface area contributed by atoms with Crippen LogP contribution in [0.5, 0.6) is 11.5 Å². The van der Waals surface area contributed by atoms with Crippen LogP contribution >= 0.6 is 0 Å². The van der Waals surface area contributed by atoms with Gasteiger partial charge in [-0.2, -0.15) is 9.37 Å². The smallest absolute Gasteiger partial charge is 0.221 e. The molecule has 0 radical (unpaired) electrons. The van der Waals surface area contributed by atoms with Crippen molar-refractivity contribution in [2.45, 2.75) is 17.8 Å². The number of ether oxygens (including phenoxy) is 1. The second-order valence-electron chi connectivity index (χ2n) is 9.02. The second-order valence-corrected chi connectivity index (χ2v) is 11.2. The van der Waals surface area contributed by atoms with Crippen LogP contribution in [-0.2, 0) is 21.4 Å². The van der Waals surface area contributed by atoms with Gasteiger partial charge in [-0.25, -0.2) is 8.42 Å². The van der Waals surface area contributed by atoms with Crippen LogP contribution < -0.4 is 4.74 Å². The molecule has 0 amide bonds. The highest BCUT2D eigenvalue weighted by Crippen LogP contribution is 2.37. The molecule has 2 fully saturated rings. The Balaban J connectivity index is 1.29. The highest BCUT2D eigenvalue weighted by atomic mass is 32.2. The molecule has 0 N–H and O–H groups in total. The first-order chi connectivity index (χ1) is 17.0. The summed E-state index contributed by atoms with van der Waals surface area (Å²) in [4.78, 5) is 8.05. The molecule has 2 heterocycles. The molecule has 0 spiro atoms. The Morgan fingerprint density at radius 3 is 2.23 bits per heavy atom. The number of benzene rings is 3. The Hall–Kier alpha value is -2.75. The maximum Gasteiger partial charge on any atom is 0.221 e. The van der Waals surface area contributed by atoms with Crippen LogP contribution in [0.4, 0.5) is 0 Å².